The maximum atomic E-state index is 13.1. The van der Waals surface area contributed by atoms with Gasteiger partial charge in [-0.3, -0.25) is 29.1 Å². The Morgan fingerprint density at radius 1 is 1.11 bits per heavy atom. The number of nitrogens with zero attached hydrogens (tertiary/aromatic N) is 3. The van der Waals surface area contributed by atoms with Gasteiger partial charge in [-0.15, -0.1) is 0 Å². The highest BCUT2D eigenvalue weighted by Crippen LogP contribution is 2.27. The molecule has 0 amide bonds. The van der Waals surface area contributed by atoms with Crippen LogP contribution in [0.15, 0.2) is 41.2 Å². The molecule has 0 unspecified atom stereocenters. The minimum atomic E-state index is -0.956. The summed E-state index contributed by atoms with van der Waals surface area (Å²) in [6.45, 7) is 11.8. The van der Waals surface area contributed by atoms with Crippen LogP contribution >= 0.6 is 0 Å². The van der Waals surface area contributed by atoms with E-state index in [-0.39, 0.29) is 25.4 Å². The summed E-state index contributed by atoms with van der Waals surface area (Å²) in [6, 6.07) is 10.5. The number of hydrogen-bond acceptors (Lipinski definition) is 8. The van der Waals surface area contributed by atoms with E-state index in [1.807, 2.05) is 19.9 Å². The van der Waals surface area contributed by atoms with Gasteiger partial charge in [-0.05, 0) is 46.2 Å². The van der Waals surface area contributed by atoms with Crippen LogP contribution in [0.3, 0.4) is 0 Å². The lowest BCUT2D eigenvalue weighted by Crippen LogP contribution is -2.36. The third-order valence-corrected chi connectivity index (χ3v) is 4.53. The van der Waals surface area contributed by atoms with Crippen molar-refractivity contribution < 1.29 is 24.0 Å². The van der Waals surface area contributed by atoms with Crippen molar-refractivity contribution in [2.45, 2.75) is 67.2 Å². The number of ether oxygens (including phenoxy) is 2. The Labute approximate surface area is 205 Å². The van der Waals surface area contributed by atoms with Gasteiger partial charge in [-0.25, -0.2) is 0 Å². The van der Waals surface area contributed by atoms with E-state index in [0.717, 1.165) is 10.1 Å². The Morgan fingerprint density at radius 2 is 1.71 bits per heavy atom. The van der Waals surface area contributed by atoms with E-state index < -0.39 is 40.3 Å². The second-order valence-electron chi connectivity index (χ2n) is 8.40. The van der Waals surface area contributed by atoms with Crippen LogP contribution in [-0.4, -0.2) is 40.2 Å². The normalized spacial score (nSPS) is 10.6. The van der Waals surface area contributed by atoms with Gasteiger partial charge < -0.3 is 14.4 Å². The summed E-state index contributed by atoms with van der Waals surface area (Å²) in [7, 11) is 0. The second kappa shape index (κ2) is 13.3. The molecule has 35 heavy (non-hydrogen) atoms. The lowest BCUT2D eigenvalue weighted by molar-refractivity contribution is -0.385. The summed E-state index contributed by atoms with van der Waals surface area (Å²) in [5, 5.41) is 11.9. The van der Waals surface area contributed by atoms with Gasteiger partial charge in [0.05, 0.1) is 11.5 Å². The molecule has 192 valence electrons. The van der Waals surface area contributed by atoms with Crippen LogP contribution in [0.25, 0.3) is 0 Å². The number of esters is 2. The van der Waals surface area contributed by atoms with E-state index in [2.05, 4.69) is 0 Å². The van der Waals surface area contributed by atoms with Crippen molar-refractivity contribution >= 4 is 23.3 Å². The van der Waals surface area contributed by atoms with E-state index >= 15 is 0 Å². The number of pyridine rings is 1. The topological polar surface area (TPSA) is 121 Å². The molecule has 10 nitrogen and oxygen atoms in total. The number of carbonyl (C=O) groups excluding carboxylic acids is 2. The zero-order valence-electron chi connectivity index (χ0n) is 21.5. The van der Waals surface area contributed by atoms with Crippen LogP contribution < -0.4 is 10.5 Å². The van der Waals surface area contributed by atoms with Crippen LogP contribution in [0.5, 0.6) is 0 Å². The first-order chi connectivity index (χ1) is 16.4. The number of rotatable bonds is 9. The highest BCUT2D eigenvalue weighted by Gasteiger charge is 2.29. The SMILES string of the molecule is CC.CCOC(=O)CN(Cc1ccccc1)c1cc(C)n(CC(=O)OC(C)(C)C)c(=O)c1[N+](=O)[O-]. The van der Waals surface area contributed by atoms with Crippen molar-refractivity contribution in [3.05, 3.63) is 68.1 Å². The summed E-state index contributed by atoms with van der Waals surface area (Å²) in [5.74, 6) is -1.28. The van der Waals surface area contributed by atoms with Crippen molar-refractivity contribution in [1.29, 1.82) is 0 Å². The van der Waals surface area contributed by atoms with Gasteiger partial charge in [0.1, 0.15) is 24.4 Å². The van der Waals surface area contributed by atoms with Gasteiger partial charge in [-0.2, -0.15) is 0 Å². The molecule has 0 fully saturated rings. The maximum absolute atomic E-state index is 13.1. The molecule has 0 bridgehead atoms. The molecule has 0 aliphatic rings. The van der Waals surface area contributed by atoms with E-state index in [1.54, 1.807) is 58.9 Å². The molecule has 1 heterocycles. The van der Waals surface area contributed by atoms with Gasteiger partial charge in [0, 0.05) is 12.2 Å². The van der Waals surface area contributed by atoms with E-state index in [0.29, 0.717) is 5.69 Å². The molecule has 10 heteroatoms. The zero-order chi connectivity index (χ0) is 26.8. The van der Waals surface area contributed by atoms with Crippen LogP contribution in [-0.2, 0) is 32.2 Å². The Hall–Kier alpha value is -3.69. The average Bonchev–Trinajstić information content (AvgIpc) is 2.76. The fraction of sp³-hybridized carbons (Fsp3) is 0.480. The minimum Gasteiger partial charge on any atom is -0.465 e. The van der Waals surface area contributed by atoms with Crippen molar-refractivity contribution in [2.24, 2.45) is 0 Å². The van der Waals surface area contributed by atoms with E-state index in [1.165, 1.54) is 11.0 Å². The number of nitro groups is 1. The Balaban J connectivity index is 0.00000298. The predicted molar refractivity (Wildman–Crippen MR) is 133 cm³/mol. The summed E-state index contributed by atoms with van der Waals surface area (Å²) in [5.41, 5.74) is -1.39. The van der Waals surface area contributed by atoms with Gasteiger partial charge in [0.15, 0.2) is 0 Å². The summed E-state index contributed by atoms with van der Waals surface area (Å²) in [6.07, 6.45) is 0. The Kier molecular flexibility index (Phi) is 11.1. The summed E-state index contributed by atoms with van der Waals surface area (Å²) < 4.78 is 11.3. The Morgan fingerprint density at radius 3 is 2.23 bits per heavy atom. The molecule has 0 atom stereocenters. The van der Waals surface area contributed by atoms with Gasteiger partial charge in [-0.1, -0.05) is 44.2 Å². The van der Waals surface area contributed by atoms with Crippen molar-refractivity contribution in [2.75, 3.05) is 18.1 Å². The number of carbonyl (C=O) groups is 2. The molecule has 0 saturated heterocycles. The van der Waals surface area contributed by atoms with E-state index in [4.69, 9.17) is 9.47 Å². The van der Waals surface area contributed by atoms with Gasteiger partial charge in [0.2, 0.25) is 0 Å². The fourth-order valence-corrected chi connectivity index (χ4v) is 3.25. The van der Waals surface area contributed by atoms with Crippen LogP contribution in [0, 0.1) is 17.0 Å². The monoisotopic (exact) mass is 489 g/mol. The van der Waals surface area contributed by atoms with Crippen molar-refractivity contribution in [1.82, 2.24) is 4.57 Å². The molecule has 0 aliphatic heterocycles. The maximum Gasteiger partial charge on any atom is 0.357 e. The van der Waals surface area contributed by atoms with Crippen LogP contribution in [0.2, 0.25) is 0 Å². The zero-order valence-corrected chi connectivity index (χ0v) is 21.5. The second-order valence-corrected chi connectivity index (χ2v) is 8.40. The molecule has 1 aromatic heterocycles. The van der Waals surface area contributed by atoms with Crippen LogP contribution in [0.1, 0.15) is 52.8 Å². The standard InChI is InChI=1S/C23H29N3O7.C2H6/c1-6-32-19(27)14-24(13-17-10-8-7-9-11-17)18-12-16(2)25(22(29)21(18)26(30)31)15-20(28)33-23(3,4)5;1-2/h7-12H,6,13-15H2,1-5H3;1-2H3. The Bertz CT molecular complexity index is 1070. The lowest BCUT2D eigenvalue weighted by Gasteiger charge is -2.25. The molecule has 0 radical (unpaired) electrons. The molecule has 2 rings (SSSR count). The molecule has 0 spiro atoms. The van der Waals surface area contributed by atoms with Crippen molar-refractivity contribution in [3.8, 4) is 0 Å². The van der Waals surface area contributed by atoms with Crippen molar-refractivity contribution in [3.63, 3.8) is 0 Å². The number of benzene rings is 1. The average molecular weight is 490 g/mol. The first kappa shape index (κ1) is 29.3. The highest BCUT2D eigenvalue weighted by atomic mass is 16.6. The molecular weight excluding hydrogens is 454 g/mol. The quantitative estimate of drug-likeness (QED) is 0.294. The molecule has 2 aromatic rings. The molecular formula is C25H35N3O7. The molecule has 0 saturated carbocycles. The number of aryl methyl sites for hydroxylation is 1. The first-order valence-electron chi connectivity index (χ1n) is 11.5. The van der Waals surface area contributed by atoms with E-state index in [9.17, 15) is 24.5 Å². The predicted octanol–water partition coefficient (Wildman–Crippen LogP) is 4.00. The van der Waals surface area contributed by atoms with Crippen LogP contribution in [0.4, 0.5) is 11.4 Å². The largest absolute Gasteiger partial charge is 0.465 e. The third kappa shape index (κ3) is 8.88. The number of hydrogen-bond donors (Lipinski definition) is 0. The molecule has 1 aromatic carbocycles. The first-order valence-corrected chi connectivity index (χ1v) is 11.5. The lowest BCUT2D eigenvalue weighted by atomic mass is 10.1. The number of aromatic nitrogens is 1. The summed E-state index contributed by atoms with van der Waals surface area (Å²) in [4.78, 5) is 50.1. The third-order valence-electron chi connectivity index (χ3n) is 4.53. The highest BCUT2D eigenvalue weighted by molar-refractivity contribution is 5.78. The van der Waals surface area contributed by atoms with Gasteiger partial charge in [0.25, 0.3) is 0 Å². The molecule has 0 N–H and O–H groups in total. The fourth-order valence-electron chi connectivity index (χ4n) is 3.25. The molecule has 0 aliphatic carbocycles. The smallest absolute Gasteiger partial charge is 0.357 e. The minimum absolute atomic E-state index is 0.0279. The summed E-state index contributed by atoms with van der Waals surface area (Å²) >= 11 is 0. The number of anilines is 1. The van der Waals surface area contributed by atoms with Gasteiger partial charge >= 0.3 is 23.2 Å².